The van der Waals surface area contributed by atoms with Crippen LogP contribution in [0.25, 0.3) is 0 Å². The summed E-state index contributed by atoms with van der Waals surface area (Å²) in [5.74, 6) is -0.0724. The fourth-order valence-corrected chi connectivity index (χ4v) is 9.15. The molecule has 0 bridgehead atoms. The maximum Gasteiger partial charge on any atom is 0.237 e. The van der Waals surface area contributed by atoms with Crippen molar-refractivity contribution in [1.82, 2.24) is 14.9 Å². The first kappa shape index (κ1) is 32.3. The first-order chi connectivity index (χ1) is 19.5. The molecule has 2 unspecified atom stereocenters. The molecule has 6 atom stereocenters. The fourth-order valence-electron chi connectivity index (χ4n) is 7.26. The van der Waals surface area contributed by atoms with Gasteiger partial charge in [0.15, 0.2) is 0 Å². The van der Waals surface area contributed by atoms with E-state index >= 15 is 0 Å². The topological polar surface area (TPSA) is 114 Å². The average molecular weight is 595 g/mol. The SMILES string of the molecule is CCCCS(=O)(=O)N1CCNC[C@@H]1CC[C@H]1CCC[C@@H]1NC(=O)[C@@H](N)C(c1ccc(F)cc1)C1CCOC(C)(C)C1. The molecule has 4 rings (SSSR count). The van der Waals surface area contributed by atoms with Gasteiger partial charge in [-0.05, 0) is 88.3 Å². The summed E-state index contributed by atoms with van der Waals surface area (Å²) in [6, 6.07) is 5.60. The number of piperazine rings is 1. The average Bonchev–Trinajstić information content (AvgIpc) is 3.38. The Morgan fingerprint density at radius 1 is 1.22 bits per heavy atom. The molecule has 0 aromatic heterocycles. The third-order valence-corrected chi connectivity index (χ3v) is 11.5. The van der Waals surface area contributed by atoms with E-state index < -0.39 is 16.1 Å². The van der Waals surface area contributed by atoms with Crippen molar-refractivity contribution in [1.29, 1.82) is 0 Å². The van der Waals surface area contributed by atoms with Crippen LogP contribution in [0.15, 0.2) is 24.3 Å². The van der Waals surface area contributed by atoms with Gasteiger partial charge in [-0.3, -0.25) is 4.79 Å². The molecule has 3 aliphatic rings. The van der Waals surface area contributed by atoms with Crippen LogP contribution in [0.3, 0.4) is 0 Å². The number of unbranched alkanes of at least 4 members (excludes halogenated alkanes) is 1. The van der Waals surface area contributed by atoms with Gasteiger partial charge in [0.05, 0.1) is 17.4 Å². The standard InChI is InChI=1S/C31H51FN4O4S/c1-4-5-19-41(38,39)36-17-16-34-21-26(36)14-11-22-7-6-8-27(22)35-30(37)29(33)28(23-9-12-25(32)13-10-23)24-15-18-40-31(2,3)20-24/h9-10,12-13,22,24,26-29,34H,4-8,11,14-21,33H2,1-3H3,(H,35,37)/t22-,24?,26+,27+,28?,29+/m1/s1. The Hall–Kier alpha value is -1.59. The van der Waals surface area contributed by atoms with Crippen molar-refractivity contribution in [2.24, 2.45) is 17.6 Å². The van der Waals surface area contributed by atoms with Crippen LogP contribution in [0, 0.1) is 17.7 Å². The molecule has 2 saturated heterocycles. The molecule has 1 aliphatic carbocycles. The molecular formula is C31H51FN4O4S. The van der Waals surface area contributed by atoms with Crippen LogP contribution < -0.4 is 16.4 Å². The van der Waals surface area contributed by atoms with E-state index in [9.17, 15) is 17.6 Å². The quantitative estimate of drug-likeness (QED) is 0.338. The largest absolute Gasteiger partial charge is 0.376 e. The third-order valence-electron chi connectivity index (χ3n) is 9.45. The van der Waals surface area contributed by atoms with Crippen LogP contribution in [-0.2, 0) is 19.6 Å². The second-order valence-electron chi connectivity index (χ2n) is 13.0. The summed E-state index contributed by atoms with van der Waals surface area (Å²) < 4.78 is 47.4. The molecule has 2 heterocycles. The van der Waals surface area contributed by atoms with Crippen molar-refractivity contribution in [3.05, 3.63) is 35.6 Å². The van der Waals surface area contributed by atoms with E-state index in [1.54, 1.807) is 16.4 Å². The second-order valence-corrected chi connectivity index (χ2v) is 15.0. The van der Waals surface area contributed by atoms with E-state index in [1.807, 2.05) is 6.92 Å². The van der Waals surface area contributed by atoms with E-state index in [4.69, 9.17) is 10.5 Å². The molecule has 1 saturated carbocycles. The molecular weight excluding hydrogens is 543 g/mol. The molecule has 0 spiro atoms. The highest BCUT2D eigenvalue weighted by Crippen LogP contribution is 2.40. The number of carbonyl (C=O) groups is 1. The van der Waals surface area contributed by atoms with Crippen LogP contribution in [0.2, 0.25) is 0 Å². The number of nitrogens with zero attached hydrogens (tertiary/aromatic N) is 1. The van der Waals surface area contributed by atoms with Gasteiger partial charge in [0.2, 0.25) is 15.9 Å². The van der Waals surface area contributed by atoms with E-state index in [0.717, 1.165) is 56.9 Å². The van der Waals surface area contributed by atoms with Gasteiger partial charge in [0.25, 0.3) is 0 Å². The lowest BCUT2D eigenvalue weighted by Crippen LogP contribution is -2.54. The summed E-state index contributed by atoms with van der Waals surface area (Å²) in [4.78, 5) is 13.7. The molecule has 8 nitrogen and oxygen atoms in total. The fraction of sp³-hybridized carbons (Fsp3) is 0.774. The lowest BCUT2D eigenvalue weighted by molar-refractivity contribution is -0.125. The Morgan fingerprint density at radius 3 is 2.68 bits per heavy atom. The molecule has 2 aliphatic heterocycles. The maximum atomic E-state index is 13.8. The minimum absolute atomic E-state index is 0.0234. The van der Waals surface area contributed by atoms with Crippen molar-refractivity contribution < 1.29 is 22.3 Å². The van der Waals surface area contributed by atoms with Gasteiger partial charge < -0.3 is 21.1 Å². The summed E-state index contributed by atoms with van der Waals surface area (Å²) >= 11 is 0. The van der Waals surface area contributed by atoms with Crippen molar-refractivity contribution in [2.45, 2.75) is 108 Å². The van der Waals surface area contributed by atoms with E-state index in [-0.39, 0.29) is 47.0 Å². The number of ether oxygens (including phenoxy) is 1. The first-order valence-corrected chi connectivity index (χ1v) is 17.3. The lowest BCUT2D eigenvalue weighted by atomic mass is 9.73. The van der Waals surface area contributed by atoms with Crippen molar-refractivity contribution in [3.63, 3.8) is 0 Å². The Morgan fingerprint density at radius 2 is 1.98 bits per heavy atom. The predicted molar refractivity (Wildman–Crippen MR) is 160 cm³/mol. The number of benzene rings is 1. The van der Waals surface area contributed by atoms with Crippen molar-refractivity contribution in [2.75, 3.05) is 32.0 Å². The van der Waals surface area contributed by atoms with Crippen LogP contribution in [0.4, 0.5) is 4.39 Å². The molecule has 232 valence electrons. The lowest BCUT2D eigenvalue weighted by Gasteiger charge is -2.41. The molecule has 1 aromatic rings. The highest BCUT2D eigenvalue weighted by atomic mass is 32.2. The van der Waals surface area contributed by atoms with E-state index in [2.05, 4.69) is 24.5 Å². The highest BCUT2D eigenvalue weighted by Gasteiger charge is 2.40. The monoisotopic (exact) mass is 594 g/mol. The third kappa shape index (κ3) is 8.50. The normalized spacial score (nSPS) is 28.7. The maximum absolute atomic E-state index is 13.8. The number of rotatable bonds is 12. The number of carbonyl (C=O) groups excluding carboxylic acids is 1. The number of halogens is 1. The summed E-state index contributed by atoms with van der Waals surface area (Å²) in [6.45, 7) is 8.61. The Balaban J connectivity index is 1.41. The Kier molecular flexibility index (Phi) is 11.2. The minimum atomic E-state index is -3.27. The zero-order chi connectivity index (χ0) is 29.6. The predicted octanol–water partition coefficient (Wildman–Crippen LogP) is 3.91. The zero-order valence-electron chi connectivity index (χ0n) is 25.1. The van der Waals surface area contributed by atoms with Crippen LogP contribution in [0.5, 0.6) is 0 Å². The first-order valence-electron chi connectivity index (χ1n) is 15.7. The summed E-state index contributed by atoms with van der Waals surface area (Å²) in [6.07, 6.45) is 7.69. The van der Waals surface area contributed by atoms with Gasteiger partial charge in [0.1, 0.15) is 5.82 Å². The highest BCUT2D eigenvalue weighted by molar-refractivity contribution is 7.89. The smallest absolute Gasteiger partial charge is 0.237 e. The van der Waals surface area contributed by atoms with Crippen LogP contribution in [-0.4, -0.2) is 74.4 Å². The zero-order valence-corrected chi connectivity index (χ0v) is 25.9. The number of nitrogens with one attached hydrogen (secondary N) is 2. The Labute approximate surface area is 246 Å². The molecule has 3 fully saturated rings. The van der Waals surface area contributed by atoms with Crippen LogP contribution in [0.1, 0.15) is 90.0 Å². The van der Waals surface area contributed by atoms with Gasteiger partial charge in [0, 0.05) is 44.2 Å². The van der Waals surface area contributed by atoms with E-state index in [1.165, 1.54) is 12.1 Å². The second kappa shape index (κ2) is 14.3. The van der Waals surface area contributed by atoms with Gasteiger partial charge in [-0.1, -0.05) is 31.9 Å². The van der Waals surface area contributed by atoms with Crippen LogP contribution >= 0.6 is 0 Å². The van der Waals surface area contributed by atoms with E-state index in [0.29, 0.717) is 38.6 Å². The van der Waals surface area contributed by atoms with Crippen molar-refractivity contribution >= 4 is 15.9 Å². The van der Waals surface area contributed by atoms with Gasteiger partial charge in [-0.15, -0.1) is 0 Å². The summed E-state index contributed by atoms with van der Waals surface area (Å²) in [5.41, 5.74) is 7.32. The molecule has 1 amide bonds. The number of hydrogen-bond acceptors (Lipinski definition) is 6. The summed E-state index contributed by atoms with van der Waals surface area (Å²) in [7, 11) is -3.27. The number of nitrogens with two attached hydrogens (primary N) is 1. The number of hydrogen-bond donors (Lipinski definition) is 3. The molecule has 4 N–H and O–H groups in total. The minimum Gasteiger partial charge on any atom is -0.376 e. The molecule has 10 heteroatoms. The number of sulfonamides is 1. The molecule has 0 radical (unpaired) electrons. The van der Waals surface area contributed by atoms with Gasteiger partial charge in [-0.25, -0.2) is 12.8 Å². The molecule has 1 aromatic carbocycles. The summed E-state index contributed by atoms with van der Waals surface area (Å²) in [5, 5.41) is 6.66. The van der Waals surface area contributed by atoms with Gasteiger partial charge in [-0.2, -0.15) is 4.31 Å². The van der Waals surface area contributed by atoms with Gasteiger partial charge >= 0.3 is 0 Å². The Bertz CT molecular complexity index is 1100. The molecule has 41 heavy (non-hydrogen) atoms. The number of amides is 1. The van der Waals surface area contributed by atoms with Crippen molar-refractivity contribution in [3.8, 4) is 0 Å².